The first-order chi connectivity index (χ1) is 11.0. The van der Waals surface area contributed by atoms with Crippen LogP contribution >= 0.6 is 0 Å². The minimum Gasteiger partial charge on any atom is -0.449 e. The number of rotatable bonds is 5. The van der Waals surface area contributed by atoms with Crippen LogP contribution in [0, 0.1) is 11.3 Å². The van der Waals surface area contributed by atoms with E-state index in [0.717, 1.165) is 5.39 Å². The van der Waals surface area contributed by atoms with Crippen molar-refractivity contribution >= 4 is 22.8 Å². The number of pyridine rings is 1. The Kier molecular flexibility index (Phi) is 5.26. The molecule has 0 saturated carbocycles. The van der Waals surface area contributed by atoms with E-state index in [9.17, 15) is 9.59 Å². The normalized spacial score (nSPS) is 11.5. The molecule has 1 atom stereocenters. The number of benzene rings is 1. The zero-order valence-corrected chi connectivity index (χ0v) is 13.0. The number of hydrogen-bond donors (Lipinski definition) is 0. The second-order valence-corrected chi connectivity index (χ2v) is 5.10. The molecule has 0 aliphatic rings. The van der Waals surface area contributed by atoms with Crippen LogP contribution in [-0.2, 0) is 9.53 Å². The van der Waals surface area contributed by atoms with Gasteiger partial charge in [-0.05, 0) is 19.1 Å². The van der Waals surface area contributed by atoms with Crippen molar-refractivity contribution in [1.29, 1.82) is 5.26 Å². The summed E-state index contributed by atoms with van der Waals surface area (Å²) in [4.78, 5) is 30.0. The van der Waals surface area contributed by atoms with Gasteiger partial charge in [0.1, 0.15) is 0 Å². The summed E-state index contributed by atoms with van der Waals surface area (Å²) < 4.78 is 5.25. The van der Waals surface area contributed by atoms with Crippen molar-refractivity contribution in [2.75, 3.05) is 13.6 Å². The first-order valence-electron chi connectivity index (χ1n) is 7.21. The summed E-state index contributed by atoms with van der Waals surface area (Å²) in [6.45, 7) is 1.81. The lowest BCUT2D eigenvalue weighted by Crippen LogP contribution is -2.37. The van der Waals surface area contributed by atoms with Gasteiger partial charge in [-0.25, -0.2) is 4.79 Å². The third kappa shape index (κ3) is 3.83. The van der Waals surface area contributed by atoms with E-state index in [0.29, 0.717) is 17.6 Å². The molecule has 118 valence electrons. The number of hydrogen-bond acceptors (Lipinski definition) is 5. The molecule has 0 radical (unpaired) electrons. The number of amides is 1. The number of aromatic nitrogens is 1. The lowest BCUT2D eigenvalue weighted by atomic mass is 10.1. The largest absolute Gasteiger partial charge is 0.449 e. The van der Waals surface area contributed by atoms with Crippen LogP contribution in [0.25, 0.3) is 10.9 Å². The maximum atomic E-state index is 12.3. The molecule has 0 saturated heterocycles. The van der Waals surface area contributed by atoms with Crippen molar-refractivity contribution < 1.29 is 14.3 Å². The topological polar surface area (TPSA) is 83.3 Å². The number of esters is 1. The molecule has 0 N–H and O–H groups in total. The van der Waals surface area contributed by atoms with Gasteiger partial charge in [-0.1, -0.05) is 18.2 Å². The Morgan fingerprint density at radius 2 is 2.09 bits per heavy atom. The van der Waals surface area contributed by atoms with Crippen LogP contribution < -0.4 is 0 Å². The number of carbonyl (C=O) groups is 2. The van der Waals surface area contributed by atoms with Crippen LogP contribution in [0.1, 0.15) is 23.7 Å². The molecule has 0 unspecified atom stereocenters. The van der Waals surface area contributed by atoms with Crippen LogP contribution in [0.2, 0.25) is 0 Å². The zero-order chi connectivity index (χ0) is 16.8. The van der Waals surface area contributed by atoms with Gasteiger partial charge in [-0.15, -0.1) is 0 Å². The fourth-order valence-corrected chi connectivity index (χ4v) is 2.18. The lowest BCUT2D eigenvalue weighted by Gasteiger charge is -2.20. The molecular weight excluding hydrogens is 294 g/mol. The molecule has 1 aromatic heterocycles. The highest BCUT2D eigenvalue weighted by Crippen LogP contribution is 2.17. The van der Waals surface area contributed by atoms with Crippen LogP contribution in [-0.4, -0.2) is 41.5 Å². The second kappa shape index (κ2) is 7.36. The highest BCUT2D eigenvalue weighted by atomic mass is 16.5. The highest BCUT2D eigenvalue weighted by Gasteiger charge is 2.23. The summed E-state index contributed by atoms with van der Waals surface area (Å²) >= 11 is 0. The molecule has 2 aromatic rings. The zero-order valence-electron chi connectivity index (χ0n) is 13.0. The van der Waals surface area contributed by atoms with E-state index in [-0.39, 0.29) is 12.3 Å². The predicted molar refractivity (Wildman–Crippen MR) is 84.5 cm³/mol. The van der Waals surface area contributed by atoms with Gasteiger partial charge in [-0.2, -0.15) is 5.26 Å². The average Bonchev–Trinajstić information content (AvgIpc) is 2.58. The fraction of sp³-hybridized carbons (Fsp3) is 0.294. The number of ether oxygens (including phenoxy) is 1. The van der Waals surface area contributed by atoms with Gasteiger partial charge in [-0.3, -0.25) is 9.78 Å². The summed E-state index contributed by atoms with van der Waals surface area (Å²) in [5, 5.41) is 9.38. The smallest absolute Gasteiger partial charge is 0.341 e. The summed E-state index contributed by atoms with van der Waals surface area (Å²) in [5.74, 6) is -0.939. The summed E-state index contributed by atoms with van der Waals surface area (Å²) in [6.07, 6.45) is 0.907. The molecule has 6 heteroatoms. The Labute approximate surface area is 134 Å². The minimum atomic E-state index is -0.926. The molecule has 1 heterocycles. The molecule has 6 nitrogen and oxygen atoms in total. The van der Waals surface area contributed by atoms with Crippen molar-refractivity contribution in [3.63, 3.8) is 0 Å². The van der Waals surface area contributed by atoms with Crippen LogP contribution in [0.5, 0.6) is 0 Å². The van der Waals surface area contributed by atoms with Gasteiger partial charge in [0.15, 0.2) is 6.10 Å². The van der Waals surface area contributed by atoms with E-state index < -0.39 is 12.1 Å². The van der Waals surface area contributed by atoms with Crippen LogP contribution in [0.15, 0.2) is 36.5 Å². The van der Waals surface area contributed by atoms with Crippen molar-refractivity contribution in [2.24, 2.45) is 0 Å². The Morgan fingerprint density at radius 1 is 1.35 bits per heavy atom. The van der Waals surface area contributed by atoms with Crippen LogP contribution in [0.3, 0.4) is 0 Å². The summed E-state index contributed by atoms with van der Waals surface area (Å²) in [6, 6.07) is 10.8. The maximum Gasteiger partial charge on any atom is 0.341 e. The Bertz CT molecular complexity index is 762. The molecule has 1 aromatic carbocycles. The van der Waals surface area contributed by atoms with Gasteiger partial charge >= 0.3 is 5.97 Å². The van der Waals surface area contributed by atoms with Gasteiger partial charge in [0.05, 0.1) is 23.6 Å². The van der Waals surface area contributed by atoms with Gasteiger partial charge in [0, 0.05) is 25.2 Å². The predicted octanol–water partition coefficient (Wildman–Crippen LogP) is 2.15. The van der Waals surface area contributed by atoms with Crippen molar-refractivity contribution in [1.82, 2.24) is 9.88 Å². The van der Waals surface area contributed by atoms with E-state index in [1.54, 1.807) is 31.4 Å². The number of carbonyl (C=O) groups excluding carboxylic acids is 2. The van der Waals surface area contributed by atoms with E-state index in [4.69, 9.17) is 10.00 Å². The summed E-state index contributed by atoms with van der Waals surface area (Å²) in [7, 11) is 1.57. The molecule has 0 bridgehead atoms. The Balaban J connectivity index is 2.12. The molecule has 2 rings (SSSR count). The van der Waals surface area contributed by atoms with Gasteiger partial charge in [0.2, 0.25) is 0 Å². The van der Waals surface area contributed by atoms with E-state index >= 15 is 0 Å². The maximum absolute atomic E-state index is 12.3. The number of para-hydroxylation sites is 1. The van der Waals surface area contributed by atoms with Crippen molar-refractivity contribution in [3.8, 4) is 6.07 Å². The second-order valence-electron chi connectivity index (χ2n) is 5.10. The molecular formula is C17H17N3O3. The van der Waals surface area contributed by atoms with E-state index in [1.807, 2.05) is 18.2 Å². The van der Waals surface area contributed by atoms with E-state index in [1.165, 1.54) is 11.8 Å². The number of likely N-dealkylation sites (N-methyl/N-ethyl adjacent to an activating group) is 1. The van der Waals surface area contributed by atoms with Crippen LogP contribution in [0.4, 0.5) is 0 Å². The minimum absolute atomic E-state index is 0.232. The van der Waals surface area contributed by atoms with Gasteiger partial charge < -0.3 is 9.64 Å². The molecule has 0 spiro atoms. The summed E-state index contributed by atoms with van der Waals surface area (Å²) in [5.41, 5.74) is 0.861. The standard InChI is InChI=1S/C17H17N3O3/c1-12(16(21)20(2)11-5-9-18)23-17(22)14-8-3-6-13-7-4-10-19-15(13)14/h3-4,6-8,10,12H,5,11H2,1-2H3/t12-/m0/s1. The van der Waals surface area contributed by atoms with E-state index in [2.05, 4.69) is 4.98 Å². The third-order valence-corrected chi connectivity index (χ3v) is 3.42. The Morgan fingerprint density at radius 3 is 2.83 bits per heavy atom. The molecule has 23 heavy (non-hydrogen) atoms. The first-order valence-corrected chi connectivity index (χ1v) is 7.21. The Hall–Kier alpha value is -2.94. The van der Waals surface area contributed by atoms with Crippen molar-refractivity contribution in [3.05, 3.63) is 42.1 Å². The number of nitriles is 1. The van der Waals surface area contributed by atoms with Crippen molar-refractivity contribution in [2.45, 2.75) is 19.4 Å². The quantitative estimate of drug-likeness (QED) is 0.790. The highest BCUT2D eigenvalue weighted by molar-refractivity contribution is 6.03. The fourth-order valence-electron chi connectivity index (χ4n) is 2.18. The monoisotopic (exact) mass is 311 g/mol. The third-order valence-electron chi connectivity index (χ3n) is 3.42. The molecule has 0 aliphatic heterocycles. The lowest BCUT2D eigenvalue weighted by molar-refractivity contribution is -0.138. The average molecular weight is 311 g/mol. The number of nitrogens with zero attached hydrogens (tertiary/aromatic N) is 3. The SMILES string of the molecule is C[C@H](OC(=O)c1cccc2cccnc12)C(=O)N(C)CCC#N. The first kappa shape index (κ1) is 16.4. The van der Waals surface area contributed by atoms with Gasteiger partial charge in [0.25, 0.3) is 5.91 Å². The molecule has 0 fully saturated rings. The molecule has 0 aliphatic carbocycles. The molecule has 1 amide bonds. The number of fused-ring (bicyclic) bond motifs is 1.